The fourth-order valence-corrected chi connectivity index (χ4v) is 2.08. The smallest absolute Gasteiger partial charge is 0.123 e. The summed E-state index contributed by atoms with van der Waals surface area (Å²) in [5.41, 5.74) is 3.37. The van der Waals surface area contributed by atoms with E-state index >= 15 is 0 Å². The summed E-state index contributed by atoms with van der Waals surface area (Å²) < 4.78 is 13.1. The van der Waals surface area contributed by atoms with E-state index < -0.39 is 6.10 Å². The lowest BCUT2D eigenvalue weighted by Crippen LogP contribution is -2.09. The lowest BCUT2D eigenvalue weighted by molar-refractivity contribution is 0.219. The van der Waals surface area contributed by atoms with E-state index in [9.17, 15) is 9.50 Å². The van der Waals surface area contributed by atoms with E-state index in [0.717, 1.165) is 22.4 Å². The Morgan fingerprint density at radius 3 is 2.21 bits per heavy atom. The van der Waals surface area contributed by atoms with Crippen LogP contribution < -0.4 is 4.90 Å². The van der Waals surface area contributed by atoms with Gasteiger partial charge in [-0.1, -0.05) is 18.2 Å². The van der Waals surface area contributed by atoms with Crippen molar-refractivity contribution in [1.82, 2.24) is 0 Å². The third-order valence-corrected chi connectivity index (χ3v) is 3.25. The van der Waals surface area contributed by atoms with E-state index in [2.05, 4.69) is 0 Å². The van der Waals surface area contributed by atoms with E-state index in [1.807, 2.05) is 43.3 Å². The Labute approximate surface area is 113 Å². The first kappa shape index (κ1) is 13.6. The molecular formula is C16H18FNO. The van der Waals surface area contributed by atoms with Gasteiger partial charge in [-0.15, -0.1) is 0 Å². The number of aryl methyl sites for hydroxylation is 1. The zero-order valence-electron chi connectivity index (χ0n) is 11.4. The minimum atomic E-state index is -0.725. The normalized spacial score (nSPS) is 12.3. The van der Waals surface area contributed by atoms with Crippen molar-refractivity contribution < 1.29 is 9.50 Å². The molecule has 100 valence electrons. The number of benzene rings is 2. The zero-order chi connectivity index (χ0) is 14.0. The highest BCUT2D eigenvalue weighted by atomic mass is 19.1. The van der Waals surface area contributed by atoms with E-state index in [1.54, 1.807) is 13.0 Å². The highest BCUT2D eigenvalue weighted by molar-refractivity contribution is 5.47. The number of aliphatic hydroxyl groups is 1. The Morgan fingerprint density at radius 1 is 1.05 bits per heavy atom. The molecule has 0 saturated carbocycles. The number of anilines is 1. The van der Waals surface area contributed by atoms with Gasteiger partial charge in [0, 0.05) is 19.8 Å². The second kappa shape index (κ2) is 5.41. The van der Waals surface area contributed by atoms with Crippen LogP contribution in [0.5, 0.6) is 0 Å². The SMILES string of the molecule is Cc1cc(F)ccc1C(O)c1ccc(N(C)C)cc1. The number of hydrogen-bond donors (Lipinski definition) is 1. The van der Waals surface area contributed by atoms with Gasteiger partial charge in [0.05, 0.1) is 0 Å². The second-order valence-electron chi connectivity index (χ2n) is 4.89. The molecule has 1 unspecified atom stereocenters. The van der Waals surface area contributed by atoms with Gasteiger partial charge in [0.25, 0.3) is 0 Å². The first-order valence-corrected chi connectivity index (χ1v) is 6.20. The van der Waals surface area contributed by atoms with Gasteiger partial charge < -0.3 is 10.0 Å². The molecule has 3 heteroatoms. The minimum absolute atomic E-state index is 0.281. The average molecular weight is 259 g/mol. The van der Waals surface area contributed by atoms with Crippen LogP contribution in [0.25, 0.3) is 0 Å². The Balaban J connectivity index is 2.30. The van der Waals surface area contributed by atoms with Crippen molar-refractivity contribution in [3.63, 3.8) is 0 Å². The average Bonchev–Trinajstić information content (AvgIpc) is 2.38. The van der Waals surface area contributed by atoms with Gasteiger partial charge >= 0.3 is 0 Å². The molecule has 0 fully saturated rings. The maximum absolute atomic E-state index is 13.1. The van der Waals surface area contributed by atoms with Crippen LogP contribution >= 0.6 is 0 Å². The van der Waals surface area contributed by atoms with Gasteiger partial charge in [-0.05, 0) is 47.9 Å². The lowest BCUT2D eigenvalue weighted by Gasteiger charge is -2.17. The van der Waals surface area contributed by atoms with Crippen LogP contribution in [-0.2, 0) is 0 Å². The van der Waals surface area contributed by atoms with E-state index in [-0.39, 0.29) is 5.82 Å². The Kier molecular flexibility index (Phi) is 3.86. The number of rotatable bonds is 3. The molecule has 2 aromatic carbocycles. The van der Waals surface area contributed by atoms with Gasteiger partial charge in [0.1, 0.15) is 11.9 Å². The van der Waals surface area contributed by atoms with Crippen molar-refractivity contribution in [2.75, 3.05) is 19.0 Å². The molecule has 0 amide bonds. The van der Waals surface area contributed by atoms with Crippen LogP contribution in [0, 0.1) is 12.7 Å². The van der Waals surface area contributed by atoms with Crippen LogP contribution in [0.4, 0.5) is 10.1 Å². The maximum Gasteiger partial charge on any atom is 0.123 e. The third-order valence-electron chi connectivity index (χ3n) is 3.25. The molecule has 0 radical (unpaired) electrons. The molecule has 0 saturated heterocycles. The Bertz CT molecular complexity index is 563. The first-order valence-electron chi connectivity index (χ1n) is 6.20. The van der Waals surface area contributed by atoms with Crippen molar-refractivity contribution in [1.29, 1.82) is 0 Å². The van der Waals surface area contributed by atoms with Crippen molar-refractivity contribution in [2.24, 2.45) is 0 Å². The molecule has 2 rings (SSSR count). The predicted molar refractivity (Wildman–Crippen MR) is 76.0 cm³/mol. The molecule has 0 bridgehead atoms. The van der Waals surface area contributed by atoms with E-state index in [1.165, 1.54) is 12.1 Å². The number of halogens is 1. The molecule has 0 spiro atoms. The quantitative estimate of drug-likeness (QED) is 0.914. The predicted octanol–water partition coefficient (Wildman–Crippen LogP) is 3.28. The van der Waals surface area contributed by atoms with Crippen molar-refractivity contribution >= 4 is 5.69 Å². The van der Waals surface area contributed by atoms with E-state index in [4.69, 9.17) is 0 Å². The van der Waals surface area contributed by atoms with Crippen molar-refractivity contribution in [3.8, 4) is 0 Å². The minimum Gasteiger partial charge on any atom is -0.384 e. The Hall–Kier alpha value is -1.87. The molecular weight excluding hydrogens is 241 g/mol. The maximum atomic E-state index is 13.1. The van der Waals surface area contributed by atoms with Crippen molar-refractivity contribution in [2.45, 2.75) is 13.0 Å². The van der Waals surface area contributed by atoms with Crippen molar-refractivity contribution in [3.05, 3.63) is 65.0 Å². The van der Waals surface area contributed by atoms with Gasteiger partial charge in [-0.25, -0.2) is 4.39 Å². The molecule has 1 N–H and O–H groups in total. The van der Waals surface area contributed by atoms with Gasteiger partial charge in [-0.3, -0.25) is 0 Å². The molecule has 0 aliphatic carbocycles. The topological polar surface area (TPSA) is 23.5 Å². The summed E-state index contributed by atoms with van der Waals surface area (Å²) in [6.45, 7) is 1.80. The monoisotopic (exact) mass is 259 g/mol. The molecule has 19 heavy (non-hydrogen) atoms. The summed E-state index contributed by atoms with van der Waals surface area (Å²) in [4.78, 5) is 2.00. The molecule has 1 atom stereocenters. The molecule has 0 heterocycles. The van der Waals surface area contributed by atoms with Gasteiger partial charge in [0.2, 0.25) is 0 Å². The van der Waals surface area contributed by atoms with Crippen LogP contribution in [-0.4, -0.2) is 19.2 Å². The summed E-state index contributed by atoms with van der Waals surface area (Å²) in [6, 6.07) is 12.1. The number of nitrogens with zero attached hydrogens (tertiary/aromatic N) is 1. The van der Waals surface area contributed by atoms with Crippen LogP contribution in [0.15, 0.2) is 42.5 Å². The fourth-order valence-electron chi connectivity index (χ4n) is 2.08. The van der Waals surface area contributed by atoms with Crippen LogP contribution in [0.3, 0.4) is 0 Å². The van der Waals surface area contributed by atoms with Crippen LogP contribution in [0.1, 0.15) is 22.8 Å². The Morgan fingerprint density at radius 2 is 1.68 bits per heavy atom. The van der Waals surface area contributed by atoms with Crippen LogP contribution in [0.2, 0.25) is 0 Å². The molecule has 2 nitrogen and oxygen atoms in total. The largest absolute Gasteiger partial charge is 0.384 e. The first-order chi connectivity index (χ1) is 8.99. The summed E-state index contributed by atoms with van der Waals surface area (Å²) >= 11 is 0. The highest BCUT2D eigenvalue weighted by Gasteiger charge is 2.13. The standard InChI is InChI=1S/C16H18FNO/c1-11-10-13(17)6-9-15(11)16(19)12-4-7-14(8-5-12)18(2)3/h4-10,16,19H,1-3H3. The zero-order valence-corrected chi connectivity index (χ0v) is 11.4. The van der Waals surface area contributed by atoms with Gasteiger partial charge in [-0.2, -0.15) is 0 Å². The molecule has 2 aromatic rings. The molecule has 0 aromatic heterocycles. The fraction of sp³-hybridized carbons (Fsp3) is 0.250. The summed E-state index contributed by atoms with van der Waals surface area (Å²) in [5.74, 6) is -0.281. The third kappa shape index (κ3) is 2.93. The molecule has 0 aliphatic heterocycles. The highest BCUT2D eigenvalue weighted by Crippen LogP contribution is 2.26. The molecule has 0 aliphatic rings. The summed E-state index contributed by atoms with van der Waals surface area (Å²) in [7, 11) is 3.94. The summed E-state index contributed by atoms with van der Waals surface area (Å²) in [6.07, 6.45) is -0.725. The number of hydrogen-bond acceptors (Lipinski definition) is 2. The van der Waals surface area contributed by atoms with Gasteiger partial charge in [0.15, 0.2) is 0 Å². The number of aliphatic hydroxyl groups excluding tert-OH is 1. The second-order valence-corrected chi connectivity index (χ2v) is 4.89. The lowest BCUT2D eigenvalue weighted by atomic mass is 9.97. The van der Waals surface area contributed by atoms with E-state index in [0.29, 0.717) is 0 Å². The summed E-state index contributed by atoms with van der Waals surface area (Å²) in [5, 5.41) is 10.4.